The lowest BCUT2D eigenvalue weighted by molar-refractivity contribution is -0.384. The SMILES string of the molecule is O=[N+]([O-])c1ccccc1NCC1C(N(c2ccccc2)c2ccccc2)=NOC1c1ccc(O)cc1. The van der Waals surface area contributed by atoms with Crippen molar-refractivity contribution in [2.45, 2.75) is 6.10 Å². The van der Waals surface area contributed by atoms with Gasteiger partial charge in [-0.1, -0.05) is 65.8 Å². The van der Waals surface area contributed by atoms with Crippen LogP contribution in [0.25, 0.3) is 0 Å². The van der Waals surface area contributed by atoms with Crippen LogP contribution in [0.1, 0.15) is 11.7 Å². The number of nitrogens with one attached hydrogen (secondary N) is 1. The van der Waals surface area contributed by atoms with Crippen molar-refractivity contribution >= 4 is 28.6 Å². The van der Waals surface area contributed by atoms with Gasteiger partial charge in [0.1, 0.15) is 11.4 Å². The first-order valence-electron chi connectivity index (χ1n) is 11.5. The van der Waals surface area contributed by atoms with Gasteiger partial charge in [-0.2, -0.15) is 0 Å². The topological polar surface area (TPSA) is 100 Å². The molecule has 0 radical (unpaired) electrons. The van der Waals surface area contributed by atoms with E-state index in [0.717, 1.165) is 16.9 Å². The van der Waals surface area contributed by atoms with Gasteiger partial charge in [-0.15, -0.1) is 0 Å². The van der Waals surface area contributed by atoms with Crippen molar-refractivity contribution in [3.8, 4) is 5.75 Å². The van der Waals surface area contributed by atoms with Gasteiger partial charge >= 0.3 is 0 Å². The summed E-state index contributed by atoms with van der Waals surface area (Å²) in [6.07, 6.45) is -0.467. The molecule has 0 amide bonds. The van der Waals surface area contributed by atoms with Crippen LogP contribution in [0.4, 0.5) is 22.7 Å². The molecule has 0 bridgehead atoms. The fourth-order valence-electron chi connectivity index (χ4n) is 4.32. The molecule has 8 heteroatoms. The fourth-order valence-corrected chi connectivity index (χ4v) is 4.32. The highest BCUT2D eigenvalue weighted by atomic mass is 16.6. The molecular weight excluding hydrogens is 456 g/mol. The highest BCUT2D eigenvalue weighted by molar-refractivity contribution is 6.06. The number of hydrogen-bond acceptors (Lipinski definition) is 7. The Bertz CT molecular complexity index is 1320. The molecule has 2 unspecified atom stereocenters. The number of benzene rings is 4. The zero-order valence-electron chi connectivity index (χ0n) is 19.3. The van der Waals surface area contributed by atoms with Gasteiger partial charge in [-0.3, -0.25) is 15.0 Å². The van der Waals surface area contributed by atoms with Crippen molar-refractivity contribution in [2.75, 3.05) is 16.8 Å². The van der Waals surface area contributed by atoms with Crippen molar-refractivity contribution in [2.24, 2.45) is 11.1 Å². The number of phenols is 1. The van der Waals surface area contributed by atoms with E-state index in [1.165, 1.54) is 6.07 Å². The first-order chi connectivity index (χ1) is 17.6. The van der Waals surface area contributed by atoms with Gasteiger partial charge in [0.25, 0.3) is 5.69 Å². The molecule has 180 valence electrons. The Hall–Kier alpha value is -4.85. The second-order valence-corrected chi connectivity index (χ2v) is 8.34. The van der Waals surface area contributed by atoms with E-state index in [9.17, 15) is 15.2 Å². The third kappa shape index (κ3) is 4.69. The highest BCUT2D eigenvalue weighted by Gasteiger charge is 2.39. The normalized spacial score (nSPS) is 16.6. The average Bonchev–Trinajstić information content (AvgIpc) is 3.32. The largest absolute Gasteiger partial charge is 0.508 e. The number of oxime groups is 1. The van der Waals surface area contributed by atoms with Crippen LogP contribution in [-0.2, 0) is 4.84 Å². The van der Waals surface area contributed by atoms with E-state index >= 15 is 0 Å². The molecule has 0 saturated heterocycles. The maximum Gasteiger partial charge on any atom is 0.292 e. The molecule has 1 heterocycles. The van der Waals surface area contributed by atoms with Crippen LogP contribution in [0, 0.1) is 16.0 Å². The molecule has 36 heavy (non-hydrogen) atoms. The molecule has 4 aromatic carbocycles. The van der Waals surface area contributed by atoms with Crippen LogP contribution in [0.5, 0.6) is 5.75 Å². The lowest BCUT2D eigenvalue weighted by Crippen LogP contribution is -2.36. The monoisotopic (exact) mass is 480 g/mol. The summed E-state index contributed by atoms with van der Waals surface area (Å²) in [7, 11) is 0. The van der Waals surface area contributed by atoms with E-state index in [0.29, 0.717) is 18.1 Å². The molecule has 0 saturated carbocycles. The van der Waals surface area contributed by atoms with Crippen LogP contribution in [0.3, 0.4) is 0 Å². The van der Waals surface area contributed by atoms with Crippen LogP contribution >= 0.6 is 0 Å². The molecule has 5 rings (SSSR count). The predicted molar refractivity (Wildman–Crippen MR) is 139 cm³/mol. The lowest BCUT2D eigenvalue weighted by atomic mass is 9.93. The van der Waals surface area contributed by atoms with Crippen molar-refractivity contribution in [1.82, 2.24) is 0 Å². The first kappa shape index (κ1) is 22.9. The number of nitro benzene ring substituents is 1. The average molecular weight is 481 g/mol. The second-order valence-electron chi connectivity index (χ2n) is 8.34. The summed E-state index contributed by atoms with van der Waals surface area (Å²) < 4.78 is 0. The van der Waals surface area contributed by atoms with E-state index in [2.05, 4.69) is 10.5 Å². The third-order valence-corrected chi connectivity index (χ3v) is 6.05. The molecule has 0 aromatic heterocycles. The van der Waals surface area contributed by atoms with Crippen LogP contribution < -0.4 is 10.2 Å². The number of hydrogen-bond donors (Lipinski definition) is 2. The molecule has 1 aliphatic heterocycles. The smallest absolute Gasteiger partial charge is 0.292 e. The quantitative estimate of drug-likeness (QED) is 0.239. The highest BCUT2D eigenvalue weighted by Crippen LogP contribution is 2.39. The van der Waals surface area contributed by atoms with E-state index in [-0.39, 0.29) is 17.4 Å². The van der Waals surface area contributed by atoms with Crippen molar-refractivity contribution in [3.05, 3.63) is 125 Å². The van der Waals surface area contributed by atoms with Gasteiger partial charge < -0.3 is 15.3 Å². The number of nitro groups is 1. The van der Waals surface area contributed by atoms with Crippen LogP contribution in [0.15, 0.2) is 114 Å². The Morgan fingerprint density at radius 2 is 1.44 bits per heavy atom. The molecule has 0 fully saturated rings. The molecule has 2 atom stereocenters. The Kier molecular flexibility index (Phi) is 6.48. The predicted octanol–water partition coefficient (Wildman–Crippen LogP) is 6.25. The summed E-state index contributed by atoms with van der Waals surface area (Å²) in [4.78, 5) is 19.2. The van der Waals surface area contributed by atoms with Gasteiger partial charge in [0.2, 0.25) is 0 Å². The Balaban J connectivity index is 1.54. The first-order valence-corrected chi connectivity index (χ1v) is 11.5. The summed E-state index contributed by atoms with van der Waals surface area (Å²) >= 11 is 0. The zero-order chi connectivity index (χ0) is 24.9. The molecule has 1 aliphatic rings. The molecule has 8 nitrogen and oxygen atoms in total. The number of nitrogens with zero attached hydrogens (tertiary/aromatic N) is 3. The van der Waals surface area contributed by atoms with E-state index in [1.54, 1.807) is 42.5 Å². The number of para-hydroxylation sites is 4. The number of anilines is 3. The minimum atomic E-state index is -0.467. The van der Waals surface area contributed by atoms with Crippen LogP contribution in [-0.4, -0.2) is 22.4 Å². The molecule has 4 aromatic rings. The van der Waals surface area contributed by atoms with Gasteiger partial charge in [0.05, 0.1) is 10.8 Å². The number of aromatic hydroxyl groups is 1. The number of rotatable bonds is 7. The number of phenolic OH excluding ortho intramolecular Hbond substituents is 1. The maximum absolute atomic E-state index is 11.6. The van der Waals surface area contributed by atoms with Gasteiger partial charge in [-0.05, 0) is 48.0 Å². The molecule has 0 spiro atoms. The summed E-state index contributed by atoms with van der Waals surface area (Å²) in [5.41, 5.74) is 3.08. The Labute approximate surface area is 208 Å². The Morgan fingerprint density at radius 3 is 2.06 bits per heavy atom. The third-order valence-electron chi connectivity index (χ3n) is 6.05. The van der Waals surface area contributed by atoms with Gasteiger partial charge in [-0.25, -0.2) is 0 Å². The van der Waals surface area contributed by atoms with E-state index < -0.39 is 11.0 Å². The van der Waals surface area contributed by atoms with Crippen molar-refractivity contribution in [1.29, 1.82) is 0 Å². The summed E-state index contributed by atoms with van der Waals surface area (Å²) in [5, 5.41) is 29.1. The lowest BCUT2D eigenvalue weighted by Gasteiger charge is -2.29. The Morgan fingerprint density at radius 1 is 0.861 bits per heavy atom. The standard InChI is InChI=1S/C28H24N4O4/c33-23-17-15-20(16-18-23)27-24(19-29-25-13-7-8-14-26(25)32(34)35)28(30-36-27)31(21-9-3-1-4-10-21)22-11-5-2-6-12-22/h1-18,24,27,29,33H,19H2. The van der Waals surface area contributed by atoms with Crippen molar-refractivity contribution in [3.63, 3.8) is 0 Å². The van der Waals surface area contributed by atoms with Gasteiger partial charge in [0, 0.05) is 24.0 Å². The number of amidine groups is 1. The van der Waals surface area contributed by atoms with E-state index in [1.807, 2.05) is 65.6 Å². The summed E-state index contributed by atoms with van der Waals surface area (Å²) in [6.45, 7) is 0.325. The van der Waals surface area contributed by atoms with Crippen molar-refractivity contribution < 1.29 is 14.9 Å². The minimum Gasteiger partial charge on any atom is -0.508 e. The molecule has 2 N–H and O–H groups in total. The van der Waals surface area contributed by atoms with Crippen LogP contribution in [0.2, 0.25) is 0 Å². The van der Waals surface area contributed by atoms with Gasteiger partial charge in [0.15, 0.2) is 11.9 Å². The summed E-state index contributed by atoms with van der Waals surface area (Å²) in [6, 6.07) is 33.1. The maximum atomic E-state index is 11.6. The van der Waals surface area contributed by atoms with E-state index in [4.69, 9.17) is 4.84 Å². The molecule has 0 aliphatic carbocycles. The second kappa shape index (κ2) is 10.2. The molecular formula is C28H24N4O4. The zero-order valence-corrected chi connectivity index (χ0v) is 19.3. The minimum absolute atomic E-state index is 0.000868. The summed E-state index contributed by atoms with van der Waals surface area (Å²) in [5.74, 6) is 0.508. The fraction of sp³-hybridized carbons (Fsp3) is 0.107.